The molecular weight excluding hydrogens is 390 g/mol. The van der Waals surface area contributed by atoms with Gasteiger partial charge in [0.1, 0.15) is 5.75 Å². The number of rotatable bonds is 7. The lowest BCUT2D eigenvalue weighted by atomic mass is 10.2. The molecule has 0 saturated carbocycles. The van der Waals surface area contributed by atoms with E-state index in [0.717, 1.165) is 28.6 Å². The average Bonchev–Trinajstić information content (AvgIpc) is 2.57. The number of unbranched alkanes of at least 4 members (excludes halogenated alkanes) is 1. The van der Waals surface area contributed by atoms with Gasteiger partial charge in [-0.1, -0.05) is 59.1 Å². The van der Waals surface area contributed by atoms with Crippen LogP contribution < -0.4 is 10.1 Å². The molecule has 1 amide bonds. The number of para-hydroxylation sites is 1. The van der Waals surface area contributed by atoms with Gasteiger partial charge in [0.05, 0.1) is 17.3 Å². The molecule has 5 heteroatoms. The Morgan fingerprint density at radius 1 is 1.29 bits per heavy atom. The van der Waals surface area contributed by atoms with Crippen LogP contribution in [0.5, 0.6) is 5.75 Å². The lowest BCUT2D eigenvalue weighted by Gasteiger charge is -2.08. The molecule has 0 aromatic heterocycles. The summed E-state index contributed by atoms with van der Waals surface area (Å²) in [6.07, 6.45) is 5.29. The quantitative estimate of drug-likeness (QED) is 0.455. The molecule has 0 bridgehead atoms. The molecule has 0 fully saturated rings. The summed E-state index contributed by atoms with van der Waals surface area (Å²) in [5, 5.41) is 3.24. The highest BCUT2D eigenvalue weighted by Crippen LogP contribution is 2.26. The molecule has 126 valence electrons. The molecule has 2 rings (SSSR count). The van der Waals surface area contributed by atoms with Crippen LogP contribution in [0.25, 0.3) is 6.08 Å². The van der Waals surface area contributed by atoms with E-state index in [0.29, 0.717) is 17.3 Å². The third-order valence-electron chi connectivity index (χ3n) is 3.28. The van der Waals surface area contributed by atoms with Crippen molar-refractivity contribution < 1.29 is 9.53 Å². The van der Waals surface area contributed by atoms with Crippen molar-refractivity contribution in [2.24, 2.45) is 0 Å². The summed E-state index contributed by atoms with van der Waals surface area (Å²) in [4.78, 5) is 12.1. The van der Waals surface area contributed by atoms with Crippen LogP contribution in [0.1, 0.15) is 25.3 Å². The Kier molecular flexibility index (Phi) is 7.35. The third kappa shape index (κ3) is 5.69. The minimum absolute atomic E-state index is 0.248. The maximum absolute atomic E-state index is 12.1. The zero-order chi connectivity index (χ0) is 17.4. The Balaban J connectivity index is 2.03. The molecule has 0 spiro atoms. The van der Waals surface area contributed by atoms with E-state index in [4.69, 9.17) is 16.3 Å². The van der Waals surface area contributed by atoms with Gasteiger partial charge in [-0.25, -0.2) is 0 Å². The van der Waals surface area contributed by atoms with Crippen LogP contribution >= 0.6 is 27.5 Å². The van der Waals surface area contributed by atoms with Crippen LogP contribution in [-0.2, 0) is 4.79 Å². The van der Waals surface area contributed by atoms with Gasteiger partial charge < -0.3 is 10.1 Å². The van der Waals surface area contributed by atoms with Crippen molar-refractivity contribution in [2.45, 2.75) is 19.8 Å². The summed E-state index contributed by atoms with van der Waals surface area (Å²) in [5.41, 5.74) is 1.44. The van der Waals surface area contributed by atoms with Gasteiger partial charge in [-0.2, -0.15) is 0 Å². The Bertz CT molecular complexity index is 731. The third-order valence-corrected chi connectivity index (χ3v) is 4.08. The monoisotopic (exact) mass is 407 g/mol. The molecule has 24 heavy (non-hydrogen) atoms. The van der Waals surface area contributed by atoms with Gasteiger partial charge in [-0.05, 0) is 36.8 Å². The first-order chi connectivity index (χ1) is 11.6. The smallest absolute Gasteiger partial charge is 0.248 e. The molecule has 0 aliphatic heterocycles. The van der Waals surface area contributed by atoms with Crippen molar-refractivity contribution in [1.29, 1.82) is 0 Å². The molecule has 3 nitrogen and oxygen atoms in total. The van der Waals surface area contributed by atoms with Gasteiger partial charge in [-0.3, -0.25) is 4.79 Å². The fourth-order valence-electron chi connectivity index (χ4n) is 2.01. The minimum Gasteiger partial charge on any atom is -0.493 e. The molecule has 2 aromatic rings. The van der Waals surface area contributed by atoms with E-state index in [1.165, 1.54) is 6.08 Å². The van der Waals surface area contributed by atoms with Gasteiger partial charge in [0.2, 0.25) is 5.91 Å². The number of carbonyl (C=O) groups is 1. The van der Waals surface area contributed by atoms with Crippen molar-refractivity contribution in [3.63, 3.8) is 0 Å². The van der Waals surface area contributed by atoms with Gasteiger partial charge in [0, 0.05) is 16.1 Å². The van der Waals surface area contributed by atoms with E-state index < -0.39 is 0 Å². The van der Waals surface area contributed by atoms with Crippen molar-refractivity contribution >= 4 is 45.2 Å². The molecule has 0 aliphatic carbocycles. The Morgan fingerprint density at radius 2 is 2.08 bits per heavy atom. The molecule has 0 unspecified atom stereocenters. The van der Waals surface area contributed by atoms with E-state index in [1.54, 1.807) is 18.2 Å². The zero-order valence-corrected chi connectivity index (χ0v) is 15.7. The topological polar surface area (TPSA) is 38.3 Å². The molecule has 2 aromatic carbocycles. The highest BCUT2D eigenvalue weighted by Gasteiger charge is 2.05. The normalized spacial score (nSPS) is 10.8. The summed E-state index contributed by atoms with van der Waals surface area (Å²) in [6.45, 7) is 2.79. The highest BCUT2D eigenvalue weighted by atomic mass is 79.9. The number of amides is 1. The predicted molar refractivity (Wildman–Crippen MR) is 104 cm³/mol. The highest BCUT2D eigenvalue weighted by molar-refractivity contribution is 9.10. The first kappa shape index (κ1) is 18.6. The minimum atomic E-state index is -0.248. The predicted octanol–water partition coefficient (Wildman–Crippen LogP) is 5.93. The van der Waals surface area contributed by atoms with Crippen molar-refractivity contribution in [3.05, 3.63) is 63.6 Å². The number of nitrogens with one attached hydrogen (secondary N) is 1. The second kappa shape index (κ2) is 9.50. The largest absolute Gasteiger partial charge is 0.493 e. The molecule has 0 radical (unpaired) electrons. The Morgan fingerprint density at radius 3 is 2.83 bits per heavy atom. The maximum Gasteiger partial charge on any atom is 0.248 e. The fraction of sp³-hybridized carbons (Fsp3) is 0.211. The first-order valence-electron chi connectivity index (χ1n) is 7.76. The number of hydrogen-bond donors (Lipinski definition) is 1. The fourth-order valence-corrected chi connectivity index (χ4v) is 2.73. The molecule has 1 N–H and O–H groups in total. The number of anilines is 1. The number of benzene rings is 2. The summed E-state index contributed by atoms with van der Waals surface area (Å²) in [6, 6.07) is 13.0. The standard InChI is InChI=1S/C19H19BrClNO2/c1-2-3-12-24-18-7-5-4-6-14(18)8-11-19(23)22-17-10-9-15(20)13-16(17)21/h4-11,13H,2-3,12H2,1H3,(H,22,23)/b11-8+. The first-order valence-corrected chi connectivity index (χ1v) is 8.93. The van der Waals surface area contributed by atoms with Crippen LogP contribution in [0.4, 0.5) is 5.69 Å². The van der Waals surface area contributed by atoms with Crippen LogP contribution in [0.3, 0.4) is 0 Å². The van der Waals surface area contributed by atoms with Crippen LogP contribution in [0.2, 0.25) is 5.02 Å². The number of ether oxygens (including phenoxy) is 1. The zero-order valence-electron chi connectivity index (χ0n) is 13.4. The molecule has 0 atom stereocenters. The lowest BCUT2D eigenvalue weighted by molar-refractivity contribution is -0.111. The summed E-state index contributed by atoms with van der Waals surface area (Å²) in [5.74, 6) is 0.527. The van der Waals surface area contributed by atoms with E-state index in [9.17, 15) is 4.79 Å². The maximum atomic E-state index is 12.1. The van der Waals surface area contributed by atoms with Crippen molar-refractivity contribution in [1.82, 2.24) is 0 Å². The molecule has 0 saturated heterocycles. The van der Waals surface area contributed by atoms with Gasteiger partial charge in [0.25, 0.3) is 0 Å². The van der Waals surface area contributed by atoms with E-state index in [1.807, 2.05) is 30.3 Å². The van der Waals surface area contributed by atoms with Crippen LogP contribution in [0.15, 0.2) is 53.0 Å². The van der Waals surface area contributed by atoms with E-state index in [2.05, 4.69) is 28.2 Å². The van der Waals surface area contributed by atoms with E-state index >= 15 is 0 Å². The van der Waals surface area contributed by atoms with Crippen molar-refractivity contribution in [2.75, 3.05) is 11.9 Å². The van der Waals surface area contributed by atoms with Gasteiger partial charge >= 0.3 is 0 Å². The SMILES string of the molecule is CCCCOc1ccccc1/C=C/C(=O)Nc1ccc(Br)cc1Cl. The molecular formula is C19H19BrClNO2. The van der Waals surface area contributed by atoms with Gasteiger partial charge in [-0.15, -0.1) is 0 Å². The molecule has 0 heterocycles. The Labute approximate surface area is 155 Å². The second-order valence-electron chi connectivity index (χ2n) is 5.19. The van der Waals surface area contributed by atoms with Crippen molar-refractivity contribution in [3.8, 4) is 5.75 Å². The summed E-state index contributed by atoms with van der Waals surface area (Å²) >= 11 is 9.43. The molecule has 0 aliphatic rings. The summed E-state index contributed by atoms with van der Waals surface area (Å²) in [7, 11) is 0. The number of hydrogen-bond acceptors (Lipinski definition) is 2. The van der Waals surface area contributed by atoms with Gasteiger partial charge in [0.15, 0.2) is 0 Å². The summed E-state index contributed by atoms with van der Waals surface area (Å²) < 4.78 is 6.61. The van der Waals surface area contributed by atoms with E-state index in [-0.39, 0.29) is 5.91 Å². The Hall–Kier alpha value is -1.78. The number of carbonyl (C=O) groups excluding carboxylic acids is 1. The van der Waals surface area contributed by atoms with Crippen LogP contribution in [-0.4, -0.2) is 12.5 Å². The average molecular weight is 409 g/mol. The lowest BCUT2D eigenvalue weighted by Crippen LogP contribution is -2.08. The van der Waals surface area contributed by atoms with Crippen LogP contribution in [0, 0.1) is 0 Å². The second-order valence-corrected chi connectivity index (χ2v) is 6.51. The number of halogens is 2.